The number of aliphatic hydroxyl groups excluding tert-OH is 4. The lowest BCUT2D eigenvalue weighted by molar-refractivity contribution is -0.221. The van der Waals surface area contributed by atoms with E-state index in [-0.39, 0.29) is 11.9 Å². The van der Waals surface area contributed by atoms with Crippen LogP contribution < -0.4 is 5.32 Å². The van der Waals surface area contributed by atoms with E-state index < -0.39 is 36.0 Å². The Labute approximate surface area is 270 Å². The number of ether oxygens (including phenoxy) is 2. The van der Waals surface area contributed by atoms with Gasteiger partial charge in [0.05, 0.1) is 12.2 Å². The van der Waals surface area contributed by atoms with Gasteiger partial charge in [0.1, 0.15) is 29.9 Å². The van der Waals surface area contributed by atoms with Crippen LogP contribution in [0.15, 0.2) is 11.6 Å². The second-order valence-corrected chi connectivity index (χ2v) is 16.0. The van der Waals surface area contributed by atoms with Gasteiger partial charge >= 0.3 is 0 Å². The van der Waals surface area contributed by atoms with Crippen LogP contribution in [0.2, 0.25) is 0 Å². The fourth-order valence-electron chi connectivity index (χ4n) is 10.5. The number of hydrogen-bond acceptors (Lipinski definition) is 8. The lowest BCUT2D eigenvalue weighted by Crippen LogP contribution is -2.59. The summed E-state index contributed by atoms with van der Waals surface area (Å²) in [5.74, 6) is 2.95. The van der Waals surface area contributed by atoms with Crippen molar-refractivity contribution < 1.29 is 34.7 Å². The third-order valence-corrected chi connectivity index (χ3v) is 13.3. The van der Waals surface area contributed by atoms with Crippen LogP contribution in [0.3, 0.4) is 0 Å². The maximum Gasteiger partial charge on any atom is 0.217 e. The van der Waals surface area contributed by atoms with Crippen LogP contribution in [0.25, 0.3) is 0 Å². The molecule has 44 heavy (non-hydrogen) atoms. The Morgan fingerprint density at radius 2 is 1.80 bits per heavy atom. The van der Waals surface area contributed by atoms with E-state index in [2.05, 4.69) is 44.8 Å². The Kier molecular flexibility index (Phi) is 11.2. The van der Waals surface area contributed by atoms with Gasteiger partial charge in [-0.3, -0.25) is 4.79 Å². The standard InChI is InChI=1S/C35H59NO7S/c1-20(36-21(2)37)25-12-13-26-24-11-10-22-19-23(14-16-34(22,3)27(24)15-17-35(25,26)4)42-18-8-6-5-7-9-28(38)32-30(40)29(39)31(41)33(44)43-32/h10,20,23-33,38-41,44H,5-9,11-19H2,1-4H3,(H,36,37)/t20-,23-,24?,25-,26?,27?,28?,29+,30+,31+,32-,33+,34+,35-/m1/s1. The highest BCUT2D eigenvalue weighted by Gasteiger charge is 2.59. The Hall–Kier alpha value is -0.680. The number of rotatable bonds is 11. The number of hydrogen-bond donors (Lipinski definition) is 6. The minimum Gasteiger partial charge on any atom is -0.390 e. The van der Waals surface area contributed by atoms with E-state index in [1.54, 1.807) is 12.5 Å². The summed E-state index contributed by atoms with van der Waals surface area (Å²) in [6.07, 6.45) is 10.9. The lowest BCUT2D eigenvalue weighted by atomic mass is 9.47. The van der Waals surface area contributed by atoms with Gasteiger partial charge in [-0.05, 0) is 106 Å². The molecular formula is C35H59NO7S. The van der Waals surface area contributed by atoms with E-state index in [9.17, 15) is 25.2 Å². The largest absolute Gasteiger partial charge is 0.390 e. The predicted molar refractivity (Wildman–Crippen MR) is 173 cm³/mol. The van der Waals surface area contributed by atoms with E-state index >= 15 is 0 Å². The van der Waals surface area contributed by atoms with Crippen LogP contribution in [0.5, 0.6) is 0 Å². The normalized spacial score (nSPS) is 45.0. The monoisotopic (exact) mass is 637 g/mol. The third kappa shape index (κ3) is 6.81. The molecule has 4 fully saturated rings. The number of allylic oxidation sites excluding steroid dienone is 1. The number of nitrogens with one attached hydrogen (secondary N) is 1. The smallest absolute Gasteiger partial charge is 0.217 e. The molecule has 5 rings (SSSR count). The van der Waals surface area contributed by atoms with Crippen molar-refractivity contribution in [2.24, 2.45) is 34.5 Å². The first-order valence-electron chi connectivity index (χ1n) is 17.5. The minimum absolute atomic E-state index is 0.0918. The van der Waals surface area contributed by atoms with E-state index in [1.807, 2.05) is 0 Å². The molecular weight excluding hydrogens is 578 g/mol. The van der Waals surface area contributed by atoms with Gasteiger partial charge in [-0.25, -0.2) is 0 Å². The second kappa shape index (κ2) is 14.2. The highest BCUT2D eigenvalue weighted by Crippen LogP contribution is 2.66. The van der Waals surface area contributed by atoms with E-state index in [1.165, 1.54) is 38.5 Å². The van der Waals surface area contributed by atoms with Crippen LogP contribution >= 0.6 is 12.6 Å². The molecule has 1 heterocycles. The molecule has 8 nitrogen and oxygen atoms in total. The maximum atomic E-state index is 11.8. The Bertz CT molecular complexity index is 1030. The molecule has 252 valence electrons. The summed E-state index contributed by atoms with van der Waals surface area (Å²) in [6.45, 7) is 9.70. The number of carbonyl (C=O) groups excluding carboxylic acids is 1. The van der Waals surface area contributed by atoms with Crippen molar-refractivity contribution >= 4 is 18.5 Å². The molecule has 1 saturated heterocycles. The molecule has 4 unspecified atom stereocenters. The SMILES string of the molecule is CC(=O)N[C@H](C)[C@H]1CCC2C3CC=C4C[C@H](OCCCCCCC(O)[C@H]5O[C@@H](S)[C@@H](O)[C@@H](O)[C@@H]5O)CC[C@]4(C)C3CC[C@@]21C. The van der Waals surface area contributed by atoms with Crippen molar-refractivity contribution in [2.75, 3.05) is 6.61 Å². The zero-order valence-electron chi connectivity index (χ0n) is 27.4. The van der Waals surface area contributed by atoms with E-state index in [0.29, 0.717) is 29.3 Å². The van der Waals surface area contributed by atoms with Gasteiger partial charge in [-0.2, -0.15) is 0 Å². The fourth-order valence-corrected chi connectivity index (χ4v) is 10.8. The minimum atomic E-state index is -1.38. The van der Waals surface area contributed by atoms with Crippen LogP contribution in [0, 0.1) is 34.5 Å². The molecule has 0 aromatic rings. The molecule has 0 radical (unpaired) electrons. The Balaban J connectivity index is 1.04. The van der Waals surface area contributed by atoms with Crippen molar-refractivity contribution in [3.8, 4) is 0 Å². The molecule has 1 amide bonds. The Morgan fingerprint density at radius 3 is 2.55 bits per heavy atom. The average molecular weight is 638 g/mol. The summed E-state index contributed by atoms with van der Waals surface area (Å²) < 4.78 is 11.8. The summed E-state index contributed by atoms with van der Waals surface area (Å²) in [6, 6.07) is 0.251. The van der Waals surface area contributed by atoms with Gasteiger partial charge in [0.2, 0.25) is 5.91 Å². The molecule has 1 aliphatic heterocycles. The van der Waals surface area contributed by atoms with Crippen molar-refractivity contribution in [2.45, 2.75) is 159 Å². The zero-order valence-corrected chi connectivity index (χ0v) is 28.3. The molecule has 5 aliphatic rings. The topological polar surface area (TPSA) is 128 Å². The fraction of sp³-hybridized carbons (Fsp3) is 0.914. The Morgan fingerprint density at radius 1 is 1.05 bits per heavy atom. The van der Waals surface area contributed by atoms with Crippen molar-refractivity contribution in [3.05, 3.63) is 11.6 Å². The summed E-state index contributed by atoms with van der Waals surface area (Å²) >= 11 is 4.10. The van der Waals surface area contributed by atoms with Gasteiger partial charge in [0.25, 0.3) is 0 Å². The van der Waals surface area contributed by atoms with E-state index in [0.717, 1.165) is 62.9 Å². The molecule has 5 N–H and O–H groups in total. The molecule has 0 spiro atoms. The number of thiol groups is 1. The molecule has 0 aromatic carbocycles. The van der Waals surface area contributed by atoms with Crippen molar-refractivity contribution in [1.29, 1.82) is 0 Å². The average Bonchev–Trinajstić information content (AvgIpc) is 3.34. The number of unbranched alkanes of at least 4 members (excludes halogenated alkanes) is 3. The quantitative estimate of drug-likeness (QED) is 0.112. The summed E-state index contributed by atoms with van der Waals surface area (Å²) in [5.41, 5.74) is 1.33. The summed E-state index contributed by atoms with van der Waals surface area (Å²) in [5, 5.41) is 43.6. The van der Waals surface area contributed by atoms with E-state index in [4.69, 9.17) is 9.47 Å². The maximum absolute atomic E-state index is 11.8. The molecule has 14 atom stereocenters. The third-order valence-electron chi connectivity index (χ3n) is 12.9. The van der Waals surface area contributed by atoms with Crippen LogP contribution in [-0.4, -0.2) is 81.0 Å². The van der Waals surface area contributed by atoms with Gasteiger partial charge in [0, 0.05) is 19.6 Å². The first kappa shape index (κ1) is 34.6. The highest BCUT2D eigenvalue weighted by atomic mass is 32.1. The second-order valence-electron chi connectivity index (χ2n) is 15.4. The summed E-state index contributed by atoms with van der Waals surface area (Å²) in [4.78, 5) is 11.8. The molecule has 0 bridgehead atoms. The lowest BCUT2D eigenvalue weighted by Gasteiger charge is -2.58. The molecule has 9 heteroatoms. The number of amides is 1. The molecule has 4 aliphatic carbocycles. The number of aliphatic hydroxyl groups is 4. The van der Waals surface area contributed by atoms with Crippen molar-refractivity contribution in [3.63, 3.8) is 0 Å². The van der Waals surface area contributed by atoms with Crippen LogP contribution in [0.4, 0.5) is 0 Å². The zero-order chi connectivity index (χ0) is 31.8. The number of carbonyl (C=O) groups is 1. The molecule has 0 aromatic heterocycles. The van der Waals surface area contributed by atoms with Crippen molar-refractivity contribution in [1.82, 2.24) is 5.32 Å². The van der Waals surface area contributed by atoms with Gasteiger partial charge < -0.3 is 35.2 Å². The first-order valence-corrected chi connectivity index (χ1v) is 18.0. The first-order chi connectivity index (χ1) is 20.9. The van der Waals surface area contributed by atoms with Gasteiger partial charge in [-0.15, -0.1) is 12.6 Å². The van der Waals surface area contributed by atoms with Gasteiger partial charge in [-0.1, -0.05) is 44.8 Å². The highest BCUT2D eigenvalue weighted by molar-refractivity contribution is 7.80. The van der Waals surface area contributed by atoms with Crippen LogP contribution in [-0.2, 0) is 14.3 Å². The van der Waals surface area contributed by atoms with Gasteiger partial charge in [0.15, 0.2) is 0 Å². The summed E-state index contributed by atoms with van der Waals surface area (Å²) in [7, 11) is 0. The van der Waals surface area contributed by atoms with Crippen LogP contribution in [0.1, 0.15) is 111 Å². The molecule has 3 saturated carbocycles. The predicted octanol–water partition coefficient (Wildman–Crippen LogP) is 4.52. The number of fused-ring (bicyclic) bond motifs is 5.